The van der Waals surface area contributed by atoms with Gasteiger partial charge < -0.3 is 40.3 Å². The van der Waals surface area contributed by atoms with Crippen molar-refractivity contribution in [3.63, 3.8) is 0 Å². The van der Waals surface area contributed by atoms with Gasteiger partial charge in [-0.1, -0.05) is 146 Å². The van der Waals surface area contributed by atoms with Gasteiger partial charge in [0.25, 0.3) is 0 Å². The van der Waals surface area contributed by atoms with E-state index in [-0.39, 0.29) is 6.42 Å². The van der Waals surface area contributed by atoms with Gasteiger partial charge in [-0.25, -0.2) is 4.18 Å². The zero-order valence-corrected chi connectivity index (χ0v) is 36.3. The van der Waals surface area contributed by atoms with E-state index in [4.69, 9.17) is 14.0 Å². The van der Waals surface area contributed by atoms with Gasteiger partial charge in [0.1, 0.15) is 30.5 Å². The van der Waals surface area contributed by atoms with Crippen molar-refractivity contribution in [3.05, 3.63) is 48.6 Å². The Labute approximate surface area is 350 Å². The molecule has 0 aromatic rings. The molecule has 0 spiro atoms. The van der Waals surface area contributed by atoms with Gasteiger partial charge in [0.15, 0.2) is 6.29 Å². The van der Waals surface area contributed by atoms with Crippen molar-refractivity contribution in [1.29, 1.82) is 0 Å². The Morgan fingerprint density at radius 2 is 1.17 bits per heavy atom. The second-order valence-corrected chi connectivity index (χ2v) is 16.4. The van der Waals surface area contributed by atoms with Gasteiger partial charge in [0.2, 0.25) is 5.91 Å². The molecule has 1 aliphatic rings. The number of aliphatic hydroxyl groups excluding tert-OH is 5. The molecule has 1 fully saturated rings. The van der Waals surface area contributed by atoms with Crippen molar-refractivity contribution in [2.45, 2.75) is 210 Å². The third-order valence-electron chi connectivity index (χ3n) is 10.2. The number of ether oxygens (including phenoxy) is 2. The minimum absolute atomic E-state index is 0.210. The molecule has 338 valence electrons. The van der Waals surface area contributed by atoms with E-state index < -0.39 is 78.5 Å². The first-order valence-electron chi connectivity index (χ1n) is 22.1. The highest BCUT2D eigenvalue weighted by molar-refractivity contribution is 7.80. The van der Waals surface area contributed by atoms with E-state index >= 15 is 0 Å². The lowest BCUT2D eigenvalue weighted by Crippen LogP contribution is -2.61. The predicted octanol–water partition coefficient (Wildman–Crippen LogP) is 7.07. The summed E-state index contributed by atoms with van der Waals surface area (Å²) in [6, 6.07) is -1.15. The maximum Gasteiger partial charge on any atom is 0.397 e. The van der Waals surface area contributed by atoms with Crippen molar-refractivity contribution in [3.8, 4) is 0 Å². The van der Waals surface area contributed by atoms with Gasteiger partial charge in [-0.3, -0.25) is 9.35 Å². The fraction of sp³-hybridized carbons (Fsp3) is 0.795. The quantitative estimate of drug-likeness (QED) is 0.0192. The van der Waals surface area contributed by atoms with Crippen LogP contribution in [0.3, 0.4) is 0 Å². The third-order valence-corrected chi connectivity index (χ3v) is 10.6. The summed E-state index contributed by atoms with van der Waals surface area (Å²) in [6.07, 6.45) is 29.4. The highest BCUT2D eigenvalue weighted by Gasteiger charge is 2.48. The van der Waals surface area contributed by atoms with Crippen LogP contribution in [0.15, 0.2) is 48.6 Å². The van der Waals surface area contributed by atoms with E-state index in [0.717, 1.165) is 64.2 Å². The van der Waals surface area contributed by atoms with Crippen LogP contribution in [0, 0.1) is 0 Å². The van der Waals surface area contributed by atoms with Crippen molar-refractivity contribution in [2.24, 2.45) is 0 Å². The monoisotopic (exact) mass is 846 g/mol. The summed E-state index contributed by atoms with van der Waals surface area (Å²) < 4.78 is 47.3. The molecule has 1 saturated heterocycles. The van der Waals surface area contributed by atoms with E-state index in [9.17, 15) is 38.7 Å². The van der Waals surface area contributed by atoms with Crippen LogP contribution in [0.2, 0.25) is 0 Å². The molecular formula is C44H79NO12S. The van der Waals surface area contributed by atoms with Crippen LogP contribution in [-0.2, 0) is 28.9 Å². The summed E-state index contributed by atoms with van der Waals surface area (Å²) in [7, 11) is -5.12. The molecule has 1 amide bonds. The number of allylic oxidation sites excluding steroid dienone is 7. The maximum absolute atomic E-state index is 13.0. The molecule has 1 heterocycles. The van der Waals surface area contributed by atoms with Crippen molar-refractivity contribution in [2.75, 3.05) is 13.2 Å². The zero-order chi connectivity index (χ0) is 42.9. The van der Waals surface area contributed by atoms with Crippen LogP contribution in [0.5, 0.6) is 0 Å². The molecular weight excluding hydrogens is 767 g/mol. The molecule has 58 heavy (non-hydrogen) atoms. The van der Waals surface area contributed by atoms with Gasteiger partial charge in [-0.2, -0.15) is 8.42 Å². The van der Waals surface area contributed by atoms with E-state index in [2.05, 4.69) is 59.8 Å². The molecule has 0 bridgehead atoms. The Bertz CT molecular complexity index is 1240. The van der Waals surface area contributed by atoms with E-state index in [0.29, 0.717) is 12.8 Å². The molecule has 0 radical (unpaired) electrons. The number of amides is 1. The minimum Gasteiger partial charge on any atom is -0.394 e. The van der Waals surface area contributed by atoms with Gasteiger partial charge in [-0.05, 0) is 64.2 Å². The Morgan fingerprint density at radius 1 is 0.690 bits per heavy atom. The molecule has 0 aliphatic carbocycles. The van der Waals surface area contributed by atoms with E-state index in [1.165, 1.54) is 70.3 Å². The summed E-state index contributed by atoms with van der Waals surface area (Å²) >= 11 is 0. The Kier molecular flexibility index (Phi) is 32.3. The Balaban J connectivity index is 2.63. The SMILES string of the molecule is CCCC/C=C\CCCCCC(O)C(=O)NC(COC1OC(CO)C(O)C(OS(=O)(=O)O)C1O)C(O)/C=C/CC/C=C/CC/C=C/CCCCCCCCCCCC. The van der Waals surface area contributed by atoms with Crippen LogP contribution >= 0.6 is 0 Å². The predicted molar refractivity (Wildman–Crippen MR) is 228 cm³/mol. The second-order valence-electron chi connectivity index (χ2n) is 15.4. The molecule has 1 rings (SSSR count). The molecule has 0 aromatic carbocycles. The standard InChI is InChI=1S/C44H79NO12S/c1-3-5-7-9-11-13-14-15-16-17-18-19-20-21-22-23-25-26-28-30-32-37(47)36(45-43(51)38(48)33-31-29-27-24-12-10-8-6-4-2)35-55-44-41(50)42(57-58(52,53)54)40(49)39(34-46)56-44/h10,12,19-20,23,25,30,32,36-42,44,46-50H,3-9,11,13-18,21-22,24,26-29,31,33-35H2,1-2H3,(H,45,51)(H,52,53,54)/b12-10-,20-19+,25-23+,32-30+. The molecule has 7 N–H and O–H groups in total. The van der Waals surface area contributed by atoms with Gasteiger partial charge >= 0.3 is 10.4 Å². The molecule has 0 saturated carbocycles. The highest BCUT2D eigenvalue weighted by Crippen LogP contribution is 2.26. The smallest absolute Gasteiger partial charge is 0.394 e. The normalized spacial score (nSPS) is 22.1. The van der Waals surface area contributed by atoms with E-state index in [1.54, 1.807) is 6.08 Å². The van der Waals surface area contributed by atoms with Crippen LogP contribution < -0.4 is 5.32 Å². The average molecular weight is 846 g/mol. The van der Waals surface area contributed by atoms with Gasteiger partial charge in [0, 0.05) is 0 Å². The molecule has 0 aromatic heterocycles. The first-order valence-corrected chi connectivity index (χ1v) is 23.5. The summed E-state index contributed by atoms with van der Waals surface area (Å²) in [5.41, 5.74) is 0. The molecule has 8 unspecified atom stereocenters. The summed E-state index contributed by atoms with van der Waals surface area (Å²) in [5, 5.41) is 54.9. The van der Waals surface area contributed by atoms with Crippen LogP contribution in [0.25, 0.3) is 0 Å². The topological polar surface area (TPSA) is 212 Å². The van der Waals surface area contributed by atoms with Crippen molar-refractivity contribution < 1.29 is 57.0 Å². The molecule has 1 aliphatic heterocycles. The van der Waals surface area contributed by atoms with Crippen LogP contribution in [0.1, 0.15) is 162 Å². The summed E-state index contributed by atoms with van der Waals surface area (Å²) in [6.45, 7) is 3.10. The maximum atomic E-state index is 13.0. The third kappa shape index (κ3) is 27.0. The number of nitrogens with one attached hydrogen (secondary N) is 1. The van der Waals surface area contributed by atoms with Crippen molar-refractivity contribution in [1.82, 2.24) is 5.32 Å². The summed E-state index contributed by atoms with van der Waals surface area (Å²) in [4.78, 5) is 13.0. The fourth-order valence-electron chi connectivity index (χ4n) is 6.59. The lowest BCUT2D eigenvalue weighted by atomic mass is 9.99. The second kappa shape index (κ2) is 34.7. The number of carbonyl (C=O) groups excluding carboxylic acids is 1. The minimum atomic E-state index is -5.12. The van der Waals surface area contributed by atoms with Gasteiger partial charge in [0.05, 0.1) is 25.4 Å². The number of carbonyl (C=O) groups is 1. The Hall–Kier alpha value is -1.98. The van der Waals surface area contributed by atoms with E-state index in [1.807, 2.05) is 0 Å². The lowest BCUT2D eigenvalue weighted by Gasteiger charge is -2.41. The van der Waals surface area contributed by atoms with Crippen molar-refractivity contribution >= 4 is 16.3 Å². The number of hydrogen-bond donors (Lipinski definition) is 7. The highest BCUT2D eigenvalue weighted by atomic mass is 32.3. The number of unbranched alkanes of at least 4 members (excludes halogenated alkanes) is 17. The zero-order valence-electron chi connectivity index (χ0n) is 35.5. The largest absolute Gasteiger partial charge is 0.397 e. The lowest BCUT2D eigenvalue weighted by molar-refractivity contribution is -0.298. The molecule has 8 atom stereocenters. The number of rotatable bonds is 36. The van der Waals surface area contributed by atoms with Crippen LogP contribution in [-0.4, -0.2) is 107 Å². The Morgan fingerprint density at radius 3 is 1.71 bits per heavy atom. The fourth-order valence-corrected chi connectivity index (χ4v) is 7.10. The van der Waals surface area contributed by atoms with Crippen LogP contribution in [0.4, 0.5) is 0 Å². The van der Waals surface area contributed by atoms with Gasteiger partial charge in [-0.15, -0.1) is 0 Å². The number of hydrogen-bond acceptors (Lipinski definition) is 11. The number of aliphatic hydroxyl groups is 5. The summed E-state index contributed by atoms with van der Waals surface area (Å²) in [5.74, 6) is -0.734. The molecule has 14 heteroatoms. The average Bonchev–Trinajstić information content (AvgIpc) is 3.19. The first-order chi connectivity index (χ1) is 27.9. The molecule has 13 nitrogen and oxygen atoms in total. The first kappa shape index (κ1) is 54.0.